The highest BCUT2D eigenvalue weighted by Gasteiger charge is 2.35. The van der Waals surface area contributed by atoms with Gasteiger partial charge in [-0.1, -0.05) is 31.9 Å². The predicted octanol–water partition coefficient (Wildman–Crippen LogP) is 2.36. The first kappa shape index (κ1) is 22.1. The zero-order valence-corrected chi connectivity index (χ0v) is 14.4. The number of rotatable bonds is 15. The average Bonchev–Trinajstić information content (AvgIpc) is 2.43. The molecule has 0 heterocycles. The number of nitrogens with zero attached hydrogens (tertiary/aromatic N) is 1. The summed E-state index contributed by atoms with van der Waals surface area (Å²) in [6.45, 7) is 0.883. The van der Waals surface area contributed by atoms with Crippen LogP contribution in [0.5, 0.6) is 0 Å². The van der Waals surface area contributed by atoms with Crippen LogP contribution in [0.4, 0.5) is 0 Å². The van der Waals surface area contributed by atoms with Gasteiger partial charge in [-0.25, -0.2) is 14.4 Å². The Morgan fingerprint density at radius 1 is 0.750 bits per heavy atom. The minimum atomic E-state index is -1.18. The molecule has 24 heavy (non-hydrogen) atoms. The predicted molar refractivity (Wildman–Crippen MR) is 89.8 cm³/mol. The second-order valence-electron chi connectivity index (χ2n) is 6.16. The molecule has 138 valence electrons. The first-order valence-electron chi connectivity index (χ1n) is 8.47. The molecule has 0 aliphatic rings. The first-order valence-corrected chi connectivity index (χ1v) is 8.47. The lowest BCUT2D eigenvalue weighted by atomic mass is 10.1. The molecule has 0 amide bonds. The highest BCUT2D eigenvalue weighted by atomic mass is 16.4. The van der Waals surface area contributed by atoms with Crippen LogP contribution in [0.2, 0.25) is 0 Å². The van der Waals surface area contributed by atoms with Crippen molar-refractivity contribution >= 4 is 17.9 Å². The van der Waals surface area contributed by atoms with Crippen molar-refractivity contribution in [3.8, 4) is 0 Å². The lowest BCUT2D eigenvalue weighted by molar-refractivity contribution is -0.907. The standard InChI is InChI=1S/C17H29NO6/c1-2-3-4-5-6-7-8-9-10-11-18(12-15(19)20,13-16(21)22)14-17(23)24/h3-4H,2,5-14H2,1H3,(H2-,19,20,21,22,23,24)/p+1/b4-3+. The highest BCUT2D eigenvalue weighted by Crippen LogP contribution is 2.13. The van der Waals surface area contributed by atoms with Gasteiger partial charge in [0.1, 0.15) is 0 Å². The lowest BCUT2D eigenvalue weighted by Crippen LogP contribution is -2.57. The molecular formula is C17H30NO6+. The summed E-state index contributed by atoms with van der Waals surface area (Å²) in [6, 6.07) is 0. The van der Waals surface area contributed by atoms with Crippen molar-refractivity contribution in [3.05, 3.63) is 12.2 Å². The largest absolute Gasteiger partial charge is 0.477 e. The van der Waals surface area contributed by atoms with Gasteiger partial charge < -0.3 is 15.3 Å². The molecule has 0 aliphatic heterocycles. The number of carboxylic acids is 3. The van der Waals surface area contributed by atoms with E-state index < -0.39 is 42.0 Å². The van der Waals surface area contributed by atoms with Crippen LogP contribution in [-0.2, 0) is 14.4 Å². The van der Waals surface area contributed by atoms with E-state index in [1.807, 2.05) is 0 Å². The number of carbonyl (C=O) groups is 3. The Bertz CT molecular complexity index is 392. The Labute approximate surface area is 143 Å². The summed E-state index contributed by atoms with van der Waals surface area (Å²) in [5, 5.41) is 27.0. The maximum absolute atomic E-state index is 11.0. The number of unbranched alkanes of at least 4 members (excludes halogenated alkanes) is 5. The van der Waals surface area contributed by atoms with Crippen LogP contribution < -0.4 is 0 Å². The summed E-state index contributed by atoms with van der Waals surface area (Å²) in [5.74, 6) is -3.54. The fraction of sp³-hybridized carbons (Fsp3) is 0.706. The number of aliphatic carboxylic acids is 3. The minimum absolute atomic E-state index is 0.251. The summed E-state index contributed by atoms with van der Waals surface area (Å²) in [4.78, 5) is 33.1. The smallest absolute Gasteiger partial charge is 0.359 e. The summed E-state index contributed by atoms with van der Waals surface area (Å²) < 4.78 is -0.445. The molecule has 0 spiro atoms. The SMILES string of the molecule is CC/C=C/CCCCCCC[N+](CC(=O)O)(CC(=O)O)CC(=O)O. The van der Waals surface area contributed by atoms with Crippen molar-refractivity contribution < 1.29 is 34.2 Å². The van der Waals surface area contributed by atoms with Gasteiger partial charge in [0.2, 0.25) is 0 Å². The van der Waals surface area contributed by atoms with Gasteiger partial charge >= 0.3 is 17.9 Å². The Hall–Kier alpha value is -1.89. The van der Waals surface area contributed by atoms with E-state index in [0.29, 0.717) is 6.42 Å². The van der Waals surface area contributed by atoms with Crippen LogP contribution >= 0.6 is 0 Å². The van der Waals surface area contributed by atoms with Gasteiger partial charge in [-0.05, 0) is 32.1 Å². The van der Waals surface area contributed by atoms with E-state index in [0.717, 1.165) is 38.5 Å². The fourth-order valence-electron chi connectivity index (χ4n) is 2.79. The Morgan fingerprint density at radius 3 is 1.67 bits per heavy atom. The second kappa shape index (κ2) is 12.5. The Morgan fingerprint density at radius 2 is 1.21 bits per heavy atom. The van der Waals surface area contributed by atoms with E-state index in [1.165, 1.54) is 0 Å². The van der Waals surface area contributed by atoms with Crippen molar-refractivity contribution in [3.63, 3.8) is 0 Å². The maximum Gasteiger partial charge on any atom is 0.359 e. The molecular weight excluding hydrogens is 314 g/mol. The van der Waals surface area contributed by atoms with E-state index in [2.05, 4.69) is 19.1 Å². The van der Waals surface area contributed by atoms with Crippen LogP contribution in [-0.4, -0.2) is 63.9 Å². The van der Waals surface area contributed by atoms with Crippen LogP contribution in [0.25, 0.3) is 0 Å². The second-order valence-corrected chi connectivity index (χ2v) is 6.16. The molecule has 0 aromatic carbocycles. The van der Waals surface area contributed by atoms with Gasteiger partial charge in [0.15, 0.2) is 19.6 Å². The normalized spacial score (nSPS) is 11.7. The van der Waals surface area contributed by atoms with Gasteiger partial charge in [0.25, 0.3) is 0 Å². The molecule has 7 nitrogen and oxygen atoms in total. The number of hydrogen-bond acceptors (Lipinski definition) is 3. The molecule has 0 fully saturated rings. The van der Waals surface area contributed by atoms with E-state index >= 15 is 0 Å². The van der Waals surface area contributed by atoms with Crippen LogP contribution in [0, 0.1) is 0 Å². The van der Waals surface area contributed by atoms with Crippen molar-refractivity contribution in [2.45, 2.75) is 51.9 Å². The molecule has 0 saturated heterocycles. The highest BCUT2D eigenvalue weighted by molar-refractivity contribution is 5.73. The van der Waals surface area contributed by atoms with E-state index in [1.54, 1.807) is 0 Å². The third-order valence-electron chi connectivity index (χ3n) is 3.82. The van der Waals surface area contributed by atoms with Gasteiger partial charge in [0, 0.05) is 0 Å². The Balaban J connectivity index is 4.38. The third kappa shape index (κ3) is 11.6. The van der Waals surface area contributed by atoms with Gasteiger partial charge in [-0.15, -0.1) is 0 Å². The quantitative estimate of drug-likeness (QED) is 0.239. The summed E-state index contributed by atoms with van der Waals surface area (Å²) >= 11 is 0. The molecule has 7 heteroatoms. The van der Waals surface area contributed by atoms with Crippen molar-refractivity contribution in [2.75, 3.05) is 26.2 Å². The van der Waals surface area contributed by atoms with Gasteiger partial charge in [-0.3, -0.25) is 4.48 Å². The van der Waals surface area contributed by atoms with Gasteiger partial charge in [0.05, 0.1) is 6.54 Å². The maximum atomic E-state index is 11.0. The molecule has 0 unspecified atom stereocenters. The van der Waals surface area contributed by atoms with E-state index in [4.69, 9.17) is 15.3 Å². The van der Waals surface area contributed by atoms with E-state index in [-0.39, 0.29) is 6.54 Å². The molecule has 0 radical (unpaired) electrons. The molecule has 0 aliphatic carbocycles. The minimum Gasteiger partial charge on any atom is -0.477 e. The molecule has 0 saturated carbocycles. The number of hydrogen-bond donors (Lipinski definition) is 3. The number of quaternary nitrogens is 1. The fourth-order valence-corrected chi connectivity index (χ4v) is 2.79. The first-order chi connectivity index (χ1) is 11.3. The molecule has 3 N–H and O–H groups in total. The lowest BCUT2D eigenvalue weighted by Gasteiger charge is -2.34. The van der Waals surface area contributed by atoms with E-state index in [9.17, 15) is 14.4 Å². The summed E-state index contributed by atoms with van der Waals surface area (Å²) in [6.07, 6.45) is 11.0. The molecule has 0 rings (SSSR count). The van der Waals surface area contributed by atoms with Crippen LogP contribution in [0.15, 0.2) is 12.2 Å². The van der Waals surface area contributed by atoms with Gasteiger partial charge in [-0.2, -0.15) is 0 Å². The molecule has 0 aromatic rings. The van der Waals surface area contributed by atoms with Crippen LogP contribution in [0.3, 0.4) is 0 Å². The Kier molecular flexibility index (Phi) is 11.5. The van der Waals surface area contributed by atoms with Crippen molar-refractivity contribution in [1.82, 2.24) is 0 Å². The average molecular weight is 344 g/mol. The molecule has 0 aromatic heterocycles. The summed E-state index contributed by atoms with van der Waals surface area (Å²) in [5.41, 5.74) is 0. The topological polar surface area (TPSA) is 112 Å². The van der Waals surface area contributed by atoms with Crippen molar-refractivity contribution in [1.29, 1.82) is 0 Å². The zero-order valence-electron chi connectivity index (χ0n) is 14.4. The monoisotopic (exact) mass is 344 g/mol. The zero-order chi connectivity index (χ0) is 18.4. The van der Waals surface area contributed by atoms with Crippen LogP contribution in [0.1, 0.15) is 51.9 Å². The summed E-state index contributed by atoms with van der Waals surface area (Å²) in [7, 11) is 0. The molecule has 0 atom stereocenters. The third-order valence-corrected chi connectivity index (χ3v) is 3.82. The molecule has 0 bridgehead atoms. The van der Waals surface area contributed by atoms with Crippen molar-refractivity contribution in [2.24, 2.45) is 0 Å². The number of carboxylic acid groups (broad SMARTS) is 3. The number of allylic oxidation sites excluding steroid dienone is 2.